The first kappa shape index (κ1) is 11.1. The van der Waals surface area contributed by atoms with Crippen molar-refractivity contribution in [2.75, 3.05) is 13.2 Å². The van der Waals surface area contributed by atoms with Crippen molar-refractivity contribution in [1.29, 1.82) is 0 Å². The van der Waals surface area contributed by atoms with E-state index in [0.717, 1.165) is 0 Å². The molecule has 1 aromatic rings. The van der Waals surface area contributed by atoms with Crippen LogP contribution in [0, 0.1) is 0 Å². The second-order valence-corrected chi connectivity index (χ2v) is 4.15. The fourth-order valence-corrected chi connectivity index (χ4v) is 1.91. The average molecular weight is 224 g/mol. The summed E-state index contributed by atoms with van der Waals surface area (Å²) in [5.74, 6) is -0.997. The largest absolute Gasteiger partial charge is 0.478 e. The standard InChI is InChI=1S/C12H13FO3/c1-8(13)12(6-16-7-12)10-4-2-3-9(5-10)11(14)15/h2-5,8H,6-7H2,1H3,(H,14,15). The van der Waals surface area contributed by atoms with Crippen molar-refractivity contribution >= 4 is 5.97 Å². The summed E-state index contributed by atoms with van der Waals surface area (Å²) in [6, 6.07) is 6.43. The van der Waals surface area contributed by atoms with E-state index < -0.39 is 17.6 Å². The van der Waals surface area contributed by atoms with E-state index in [1.165, 1.54) is 19.1 Å². The van der Waals surface area contributed by atoms with E-state index in [-0.39, 0.29) is 5.56 Å². The van der Waals surface area contributed by atoms with Gasteiger partial charge in [-0.15, -0.1) is 0 Å². The van der Waals surface area contributed by atoms with Crippen LogP contribution < -0.4 is 0 Å². The fourth-order valence-electron chi connectivity index (χ4n) is 1.91. The Labute approximate surface area is 92.9 Å². The van der Waals surface area contributed by atoms with Crippen LogP contribution in [0.2, 0.25) is 0 Å². The van der Waals surface area contributed by atoms with Crippen LogP contribution in [0.25, 0.3) is 0 Å². The number of carboxylic acid groups (broad SMARTS) is 1. The first-order chi connectivity index (χ1) is 7.56. The maximum absolute atomic E-state index is 13.6. The third kappa shape index (κ3) is 1.59. The molecular formula is C12H13FO3. The summed E-state index contributed by atoms with van der Waals surface area (Å²) in [7, 11) is 0. The third-order valence-electron chi connectivity index (χ3n) is 3.17. The molecule has 0 saturated carbocycles. The van der Waals surface area contributed by atoms with Gasteiger partial charge in [0.15, 0.2) is 0 Å². The van der Waals surface area contributed by atoms with Crippen molar-refractivity contribution in [1.82, 2.24) is 0 Å². The second-order valence-electron chi connectivity index (χ2n) is 4.15. The minimum absolute atomic E-state index is 0.185. The van der Waals surface area contributed by atoms with Crippen LogP contribution >= 0.6 is 0 Å². The van der Waals surface area contributed by atoms with Gasteiger partial charge in [0.2, 0.25) is 0 Å². The second kappa shape index (κ2) is 3.87. The molecule has 0 aromatic heterocycles. The summed E-state index contributed by atoms with van der Waals surface area (Å²) in [5, 5.41) is 8.88. The molecule has 1 heterocycles. The van der Waals surface area contributed by atoms with Gasteiger partial charge in [-0.3, -0.25) is 0 Å². The number of carboxylic acids is 1. The Morgan fingerprint density at radius 3 is 2.69 bits per heavy atom. The highest BCUT2D eigenvalue weighted by Gasteiger charge is 2.45. The van der Waals surface area contributed by atoms with Crippen LogP contribution in [-0.4, -0.2) is 30.5 Å². The maximum Gasteiger partial charge on any atom is 0.335 e. The molecule has 0 aliphatic carbocycles. The Morgan fingerprint density at radius 2 is 2.25 bits per heavy atom. The van der Waals surface area contributed by atoms with E-state index in [0.29, 0.717) is 18.8 Å². The van der Waals surface area contributed by atoms with E-state index in [9.17, 15) is 9.18 Å². The molecule has 0 spiro atoms. The van der Waals surface area contributed by atoms with Crippen molar-refractivity contribution < 1.29 is 19.0 Å². The lowest BCUT2D eigenvalue weighted by Gasteiger charge is -2.43. The summed E-state index contributed by atoms with van der Waals surface area (Å²) < 4.78 is 18.7. The Hall–Kier alpha value is -1.42. The Bertz CT molecular complexity index is 410. The van der Waals surface area contributed by atoms with Gasteiger partial charge in [0, 0.05) is 0 Å². The molecule has 2 rings (SSSR count). The number of halogens is 1. The zero-order chi connectivity index (χ0) is 11.8. The van der Waals surface area contributed by atoms with Gasteiger partial charge in [-0.2, -0.15) is 0 Å². The predicted molar refractivity (Wildman–Crippen MR) is 56.5 cm³/mol. The number of benzene rings is 1. The number of hydrogen-bond acceptors (Lipinski definition) is 2. The van der Waals surface area contributed by atoms with Crippen LogP contribution in [0.3, 0.4) is 0 Å². The van der Waals surface area contributed by atoms with Crippen molar-refractivity contribution in [3.8, 4) is 0 Å². The smallest absolute Gasteiger partial charge is 0.335 e. The molecule has 1 saturated heterocycles. The number of rotatable bonds is 3. The molecule has 1 aromatic carbocycles. The molecule has 16 heavy (non-hydrogen) atoms. The zero-order valence-electron chi connectivity index (χ0n) is 8.94. The van der Waals surface area contributed by atoms with Crippen molar-refractivity contribution in [3.63, 3.8) is 0 Å². The summed E-state index contributed by atoms with van der Waals surface area (Å²) >= 11 is 0. The van der Waals surface area contributed by atoms with Crippen LogP contribution in [-0.2, 0) is 10.2 Å². The van der Waals surface area contributed by atoms with Gasteiger partial charge in [0.05, 0.1) is 24.2 Å². The number of ether oxygens (including phenoxy) is 1. The van der Waals surface area contributed by atoms with E-state index in [2.05, 4.69) is 0 Å². The molecule has 1 atom stereocenters. The highest BCUT2D eigenvalue weighted by atomic mass is 19.1. The minimum Gasteiger partial charge on any atom is -0.478 e. The molecule has 86 valence electrons. The fraction of sp³-hybridized carbons (Fsp3) is 0.417. The van der Waals surface area contributed by atoms with Gasteiger partial charge in [-0.05, 0) is 24.6 Å². The SMILES string of the molecule is CC(F)C1(c2cccc(C(=O)O)c2)COC1. The summed E-state index contributed by atoms with van der Waals surface area (Å²) in [5.41, 5.74) is 0.226. The molecule has 0 radical (unpaired) electrons. The van der Waals surface area contributed by atoms with Crippen LogP contribution in [0.4, 0.5) is 4.39 Å². The van der Waals surface area contributed by atoms with Crippen LogP contribution in [0.5, 0.6) is 0 Å². The predicted octanol–water partition coefficient (Wildman–Crippen LogP) is 2.01. The van der Waals surface area contributed by atoms with Crippen molar-refractivity contribution in [3.05, 3.63) is 35.4 Å². The molecule has 1 N–H and O–H groups in total. The number of hydrogen-bond donors (Lipinski definition) is 1. The van der Waals surface area contributed by atoms with Gasteiger partial charge < -0.3 is 9.84 Å². The monoisotopic (exact) mass is 224 g/mol. The first-order valence-corrected chi connectivity index (χ1v) is 5.12. The molecule has 3 nitrogen and oxygen atoms in total. The van der Waals surface area contributed by atoms with E-state index >= 15 is 0 Å². The molecule has 0 bridgehead atoms. The van der Waals surface area contributed by atoms with Crippen LogP contribution in [0.15, 0.2) is 24.3 Å². The van der Waals surface area contributed by atoms with Gasteiger partial charge in [-0.1, -0.05) is 12.1 Å². The Morgan fingerprint density at radius 1 is 1.56 bits per heavy atom. The molecule has 1 unspecified atom stereocenters. The number of alkyl halides is 1. The number of carbonyl (C=O) groups is 1. The Kier molecular flexibility index (Phi) is 2.68. The van der Waals surface area contributed by atoms with Crippen molar-refractivity contribution in [2.45, 2.75) is 18.5 Å². The lowest BCUT2D eigenvalue weighted by atomic mass is 9.75. The summed E-state index contributed by atoms with van der Waals surface area (Å²) in [6.07, 6.45) is -1.05. The first-order valence-electron chi connectivity index (χ1n) is 5.12. The molecule has 0 amide bonds. The topological polar surface area (TPSA) is 46.5 Å². The molecular weight excluding hydrogens is 211 g/mol. The average Bonchev–Trinajstić information content (AvgIpc) is 2.15. The highest BCUT2D eigenvalue weighted by molar-refractivity contribution is 5.87. The van der Waals surface area contributed by atoms with Gasteiger partial charge in [0.1, 0.15) is 6.17 Å². The molecule has 4 heteroatoms. The number of aromatic carboxylic acids is 1. The molecule has 1 fully saturated rings. The van der Waals surface area contributed by atoms with E-state index in [1.807, 2.05) is 0 Å². The molecule has 1 aliphatic rings. The lowest BCUT2D eigenvalue weighted by Crippen LogP contribution is -2.52. The molecule has 1 aliphatic heterocycles. The van der Waals surface area contributed by atoms with Gasteiger partial charge >= 0.3 is 5.97 Å². The normalized spacial score (nSPS) is 19.9. The zero-order valence-corrected chi connectivity index (χ0v) is 8.94. The summed E-state index contributed by atoms with van der Waals surface area (Å²) in [4.78, 5) is 10.8. The van der Waals surface area contributed by atoms with Gasteiger partial charge in [-0.25, -0.2) is 9.18 Å². The van der Waals surface area contributed by atoms with Gasteiger partial charge in [0.25, 0.3) is 0 Å². The lowest BCUT2D eigenvalue weighted by molar-refractivity contribution is -0.0935. The maximum atomic E-state index is 13.6. The van der Waals surface area contributed by atoms with E-state index in [4.69, 9.17) is 9.84 Å². The quantitative estimate of drug-likeness (QED) is 0.854. The van der Waals surface area contributed by atoms with E-state index in [1.54, 1.807) is 12.1 Å². The third-order valence-corrected chi connectivity index (χ3v) is 3.17. The Balaban J connectivity index is 2.39. The highest BCUT2D eigenvalue weighted by Crippen LogP contribution is 2.37. The summed E-state index contributed by atoms with van der Waals surface area (Å²) in [6.45, 7) is 2.11. The van der Waals surface area contributed by atoms with Crippen LogP contribution in [0.1, 0.15) is 22.8 Å². The minimum atomic E-state index is -1.05. The van der Waals surface area contributed by atoms with Crippen molar-refractivity contribution in [2.24, 2.45) is 0 Å².